The summed E-state index contributed by atoms with van der Waals surface area (Å²) in [6, 6.07) is 0. The number of carboxylic acid groups (broad SMARTS) is 3. The lowest BCUT2D eigenvalue weighted by Crippen LogP contribution is -2.46. The number of hydrogen-bond donors (Lipinski definition) is 5. The number of rotatable bonds is 5. The van der Waals surface area contributed by atoms with Crippen molar-refractivity contribution in [3.8, 4) is 0 Å². The number of carboxylic acids is 3. The second-order valence-corrected chi connectivity index (χ2v) is 3.53. The van der Waals surface area contributed by atoms with Gasteiger partial charge in [0.1, 0.15) is 6.61 Å². The largest absolute Gasteiger partial charge is 0.478 e. The van der Waals surface area contributed by atoms with Crippen molar-refractivity contribution in [3.63, 3.8) is 0 Å². The molecule has 13 heteroatoms. The second-order valence-electron chi connectivity index (χ2n) is 3.53. The smallest absolute Gasteiger partial charge is 0.367 e. The number of aliphatic carboxylic acids is 3. The summed E-state index contributed by atoms with van der Waals surface area (Å²) in [6.45, 7) is 10.7. The number of carbonyl (C=O) groups is 3. The maximum atomic E-state index is 10.8. The van der Waals surface area contributed by atoms with Gasteiger partial charge in [0.05, 0.1) is 0 Å². The maximum Gasteiger partial charge on any atom is 0.367 e. The van der Waals surface area contributed by atoms with Crippen LogP contribution < -0.4 is 21.9 Å². The van der Waals surface area contributed by atoms with E-state index in [1.165, 1.54) is 0 Å². The Bertz CT molecular complexity index is 738. The zero-order valence-corrected chi connectivity index (χ0v) is 14.2. The van der Waals surface area contributed by atoms with E-state index < -0.39 is 35.0 Å². The van der Waals surface area contributed by atoms with Gasteiger partial charge in [-0.3, -0.25) is 9.97 Å². The highest BCUT2D eigenvalue weighted by atomic mass is 16.7. The van der Waals surface area contributed by atoms with E-state index in [-0.39, 0.29) is 6.61 Å². The van der Waals surface area contributed by atoms with E-state index in [1.807, 2.05) is 9.97 Å². The van der Waals surface area contributed by atoms with Crippen LogP contribution in [0.4, 0.5) is 0 Å². The van der Waals surface area contributed by atoms with Crippen molar-refractivity contribution in [3.05, 3.63) is 69.4 Å². The fourth-order valence-corrected chi connectivity index (χ4v) is 0.666. The summed E-state index contributed by atoms with van der Waals surface area (Å²) < 4.78 is 0.446. The Kier molecular flexibility index (Phi) is 17.1. The van der Waals surface area contributed by atoms with Gasteiger partial charge in [0.2, 0.25) is 0 Å². The average molecular weight is 389 g/mol. The molecule has 0 spiro atoms. The first kappa shape index (κ1) is 27.7. The lowest BCUT2D eigenvalue weighted by atomic mass is 10.7. The quantitative estimate of drug-likeness (QED) is 0.366. The topological polar surface area (TPSA) is 209 Å². The van der Waals surface area contributed by atoms with Gasteiger partial charge < -0.3 is 20.2 Å². The summed E-state index contributed by atoms with van der Waals surface area (Å²) in [4.78, 5) is 68.1. The molecule has 0 aliphatic heterocycles. The maximum absolute atomic E-state index is 10.8. The van der Waals surface area contributed by atoms with E-state index in [2.05, 4.69) is 24.6 Å². The predicted molar refractivity (Wildman–Crippen MR) is 92.6 cm³/mol. The summed E-state index contributed by atoms with van der Waals surface area (Å²) in [6.07, 6.45) is 2.50. The van der Waals surface area contributed by atoms with E-state index in [1.54, 1.807) is 6.92 Å². The van der Waals surface area contributed by atoms with Crippen LogP contribution in [0.3, 0.4) is 0 Å². The van der Waals surface area contributed by atoms with Gasteiger partial charge in [-0.1, -0.05) is 24.5 Å². The molecule has 0 aliphatic carbocycles. The molecule has 0 atom stereocenters. The molecule has 1 heterocycles. The van der Waals surface area contributed by atoms with Crippen LogP contribution in [0.15, 0.2) is 52.3 Å². The number of aromatic amines is 2. The SMILES string of the molecule is C=CC(=O)O.C=CC(=O)O.C=CC(=O)O.CCOn1c(=O)[nH]c(=O)[nH]c1=O. The minimum atomic E-state index is -0.981. The van der Waals surface area contributed by atoms with Crippen molar-refractivity contribution >= 4 is 17.9 Å². The normalized spacial score (nSPS) is 7.89. The third-order valence-corrected chi connectivity index (χ3v) is 1.59. The Morgan fingerprint density at radius 2 is 1.15 bits per heavy atom. The summed E-state index contributed by atoms with van der Waals surface area (Å²) in [5.41, 5.74) is -2.61. The molecule has 0 saturated heterocycles. The number of aromatic nitrogens is 3. The molecule has 27 heavy (non-hydrogen) atoms. The minimum Gasteiger partial charge on any atom is -0.478 e. The molecule has 0 unspecified atom stereocenters. The molecule has 0 bridgehead atoms. The molecule has 5 N–H and O–H groups in total. The van der Waals surface area contributed by atoms with E-state index in [0.29, 0.717) is 4.73 Å². The van der Waals surface area contributed by atoms with E-state index >= 15 is 0 Å². The van der Waals surface area contributed by atoms with Crippen LogP contribution in [0.5, 0.6) is 0 Å². The van der Waals surface area contributed by atoms with Gasteiger partial charge in [-0.05, 0) is 6.92 Å². The first-order valence-corrected chi connectivity index (χ1v) is 6.61. The summed E-state index contributed by atoms with van der Waals surface area (Å²) in [5, 5.41) is 22.8. The van der Waals surface area contributed by atoms with Gasteiger partial charge in [0.15, 0.2) is 0 Å². The number of H-pyrrole nitrogens is 2. The van der Waals surface area contributed by atoms with E-state index in [0.717, 1.165) is 18.2 Å². The van der Waals surface area contributed by atoms with Crippen LogP contribution in [0.1, 0.15) is 6.92 Å². The molecule has 0 fully saturated rings. The lowest BCUT2D eigenvalue weighted by molar-refractivity contribution is -0.132. The third kappa shape index (κ3) is 19.8. The van der Waals surface area contributed by atoms with Crippen LogP contribution in [0.2, 0.25) is 0 Å². The van der Waals surface area contributed by atoms with Gasteiger partial charge in [0, 0.05) is 18.2 Å². The van der Waals surface area contributed by atoms with Crippen molar-refractivity contribution in [2.24, 2.45) is 0 Å². The molecule has 1 aromatic rings. The number of nitrogens with zero attached hydrogens (tertiary/aromatic N) is 1. The highest BCUT2D eigenvalue weighted by Crippen LogP contribution is 1.57. The summed E-state index contributed by atoms with van der Waals surface area (Å²) >= 11 is 0. The van der Waals surface area contributed by atoms with Crippen molar-refractivity contribution in [2.45, 2.75) is 6.92 Å². The second kappa shape index (κ2) is 16.7. The standard InChI is InChI=1S/C5H7N3O4.3C3H4O2/c1-2-12-8-4(10)6-3(9)7-5(8)11;3*1-2-3(4)5/h2H2,1H3,(H2,6,7,9,10,11);3*2H,1H2,(H,4,5). The van der Waals surface area contributed by atoms with Crippen molar-refractivity contribution in [2.75, 3.05) is 6.61 Å². The number of nitrogens with one attached hydrogen (secondary N) is 2. The molecule has 1 aromatic heterocycles. The molecule has 0 saturated carbocycles. The van der Waals surface area contributed by atoms with E-state index in [4.69, 9.17) is 15.3 Å². The molecular formula is C14H19N3O10. The van der Waals surface area contributed by atoms with Crippen molar-refractivity contribution in [1.82, 2.24) is 14.7 Å². The highest BCUT2D eigenvalue weighted by Gasteiger charge is 2.00. The van der Waals surface area contributed by atoms with Gasteiger partial charge in [-0.15, -0.1) is 0 Å². The van der Waals surface area contributed by atoms with E-state index in [9.17, 15) is 28.8 Å². The molecule has 0 aliphatic rings. The zero-order chi connectivity index (χ0) is 22.0. The molecule has 150 valence electrons. The fraction of sp³-hybridized carbons (Fsp3) is 0.143. The summed E-state index contributed by atoms with van der Waals surface area (Å²) in [5.74, 6) is -2.94. The molecule has 0 aromatic carbocycles. The van der Waals surface area contributed by atoms with Crippen LogP contribution >= 0.6 is 0 Å². The Labute approximate surface area is 151 Å². The Hall–Kier alpha value is -4.16. The Morgan fingerprint density at radius 1 is 0.889 bits per heavy atom. The van der Waals surface area contributed by atoms with Crippen LogP contribution in [-0.4, -0.2) is 54.5 Å². The molecule has 0 amide bonds. The Balaban J connectivity index is -0.000000323. The number of hydrogen-bond acceptors (Lipinski definition) is 7. The fourth-order valence-electron chi connectivity index (χ4n) is 0.666. The summed E-state index contributed by atoms with van der Waals surface area (Å²) in [7, 11) is 0. The third-order valence-electron chi connectivity index (χ3n) is 1.59. The molecule has 13 nitrogen and oxygen atoms in total. The van der Waals surface area contributed by atoms with Gasteiger partial charge in [-0.25, -0.2) is 28.8 Å². The molecular weight excluding hydrogens is 370 g/mol. The Morgan fingerprint density at radius 3 is 1.33 bits per heavy atom. The molecule has 1 rings (SSSR count). The highest BCUT2D eigenvalue weighted by molar-refractivity contribution is 5.79. The molecule has 0 radical (unpaired) electrons. The monoisotopic (exact) mass is 389 g/mol. The lowest BCUT2D eigenvalue weighted by Gasteiger charge is -2.00. The van der Waals surface area contributed by atoms with Crippen LogP contribution in [0.25, 0.3) is 0 Å². The predicted octanol–water partition coefficient (Wildman–Crippen LogP) is -1.56. The van der Waals surface area contributed by atoms with Crippen molar-refractivity contribution in [1.29, 1.82) is 0 Å². The van der Waals surface area contributed by atoms with Crippen LogP contribution in [-0.2, 0) is 14.4 Å². The van der Waals surface area contributed by atoms with Gasteiger partial charge in [0.25, 0.3) is 0 Å². The minimum absolute atomic E-state index is 0.162. The van der Waals surface area contributed by atoms with Gasteiger partial charge in [-0.2, -0.15) is 0 Å². The van der Waals surface area contributed by atoms with Gasteiger partial charge >= 0.3 is 35.0 Å². The zero-order valence-electron chi connectivity index (χ0n) is 14.2. The average Bonchev–Trinajstić information content (AvgIpc) is 2.59. The first-order valence-electron chi connectivity index (χ1n) is 6.61. The van der Waals surface area contributed by atoms with Crippen LogP contribution in [0, 0.1) is 0 Å². The van der Waals surface area contributed by atoms with Crippen molar-refractivity contribution < 1.29 is 34.5 Å². The first-order chi connectivity index (χ1) is 12.5.